The largest absolute Gasteiger partial charge is 0.328 e. The molecule has 100 valence electrons. The van der Waals surface area contributed by atoms with Crippen molar-refractivity contribution in [3.05, 3.63) is 57.5 Å². The lowest BCUT2D eigenvalue weighted by atomic mass is 10.1. The normalized spacial score (nSPS) is 12.4. The zero-order chi connectivity index (χ0) is 13.8. The van der Waals surface area contributed by atoms with Gasteiger partial charge in [0.05, 0.1) is 0 Å². The van der Waals surface area contributed by atoms with Gasteiger partial charge in [-0.3, -0.25) is 0 Å². The molecule has 4 heteroatoms. The van der Waals surface area contributed by atoms with Gasteiger partial charge < -0.3 is 5.73 Å². The minimum absolute atomic E-state index is 0.122. The molecule has 0 saturated heterocycles. The summed E-state index contributed by atoms with van der Waals surface area (Å²) in [6.07, 6.45) is 0.827. The van der Waals surface area contributed by atoms with Crippen LogP contribution in [0, 0.1) is 0 Å². The highest BCUT2D eigenvalue weighted by Crippen LogP contribution is 2.36. The van der Waals surface area contributed by atoms with Crippen molar-refractivity contribution in [2.24, 2.45) is 5.73 Å². The molecule has 0 aromatic heterocycles. The molecule has 19 heavy (non-hydrogen) atoms. The summed E-state index contributed by atoms with van der Waals surface area (Å²) in [7, 11) is 0. The van der Waals surface area contributed by atoms with Crippen molar-refractivity contribution in [1.29, 1.82) is 0 Å². The van der Waals surface area contributed by atoms with E-state index in [9.17, 15) is 0 Å². The molecule has 0 aliphatic rings. The summed E-state index contributed by atoms with van der Waals surface area (Å²) in [5.41, 5.74) is 7.10. The summed E-state index contributed by atoms with van der Waals surface area (Å²) >= 11 is 11.4. The first-order valence-electron chi connectivity index (χ1n) is 6.02. The van der Waals surface area contributed by atoms with Crippen molar-refractivity contribution in [3.63, 3.8) is 0 Å². The summed E-state index contributed by atoms with van der Waals surface area (Å²) in [6, 6.07) is 14.3. The van der Waals surface area contributed by atoms with Gasteiger partial charge >= 0.3 is 0 Å². The van der Waals surface area contributed by atoms with E-state index in [1.807, 2.05) is 37.3 Å². The quantitative estimate of drug-likeness (QED) is 0.820. The first kappa shape index (κ1) is 14.9. The number of hydrogen-bond acceptors (Lipinski definition) is 2. The van der Waals surface area contributed by atoms with Crippen LogP contribution < -0.4 is 5.73 Å². The number of halogens is 2. The van der Waals surface area contributed by atoms with Gasteiger partial charge in [-0.15, -0.1) is 0 Å². The lowest BCUT2D eigenvalue weighted by Gasteiger charge is -2.12. The van der Waals surface area contributed by atoms with Crippen molar-refractivity contribution < 1.29 is 0 Å². The molecule has 0 bridgehead atoms. The number of rotatable bonds is 4. The second-order valence-corrected chi connectivity index (χ2v) is 6.84. The Morgan fingerprint density at radius 2 is 1.95 bits per heavy atom. The lowest BCUT2D eigenvalue weighted by Crippen LogP contribution is -2.18. The van der Waals surface area contributed by atoms with Crippen molar-refractivity contribution in [2.45, 2.75) is 29.2 Å². The maximum Gasteiger partial charge on any atom is 0.0409 e. The number of nitrogens with two attached hydrogens (primary N) is 1. The van der Waals surface area contributed by atoms with Crippen molar-refractivity contribution in [2.75, 3.05) is 0 Å². The van der Waals surface area contributed by atoms with Crippen LogP contribution in [0.15, 0.2) is 56.7 Å². The molecule has 2 aromatic carbocycles. The van der Waals surface area contributed by atoms with Gasteiger partial charge in [-0.2, -0.15) is 0 Å². The zero-order valence-electron chi connectivity index (χ0n) is 10.6. The third-order valence-electron chi connectivity index (χ3n) is 2.62. The van der Waals surface area contributed by atoms with Crippen molar-refractivity contribution in [3.8, 4) is 0 Å². The maximum absolute atomic E-state index is 6.08. The summed E-state index contributed by atoms with van der Waals surface area (Å²) < 4.78 is 1.10. The second-order valence-electron chi connectivity index (χ2n) is 4.47. The van der Waals surface area contributed by atoms with Crippen LogP contribution in [0.4, 0.5) is 0 Å². The van der Waals surface area contributed by atoms with Gasteiger partial charge in [0.2, 0.25) is 0 Å². The Morgan fingerprint density at radius 3 is 2.63 bits per heavy atom. The highest BCUT2D eigenvalue weighted by molar-refractivity contribution is 9.10. The van der Waals surface area contributed by atoms with Crippen LogP contribution in [0.2, 0.25) is 5.02 Å². The minimum atomic E-state index is 0.122. The molecule has 0 aliphatic heterocycles. The summed E-state index contributed by atoms with van der Waals surface area (Å²) in [5.74, 6) is 0. The van der Waals surface area contributed by atoms with Gasteiger partial charge in [-0.25, -0.2) is 0 Å². The van der Waals surface area contributed by atoms with E-state index >= 15 is 0 Å². The summed E-state index contributed by atoms with van der Waals surface area (Å²) in [4.78, 5) is 2.39. The molecular formula is C15H15BrClNS. The molecule has 0 saturated carbocycles. The fourth-order valence-electron chi connectivity index (χ4n) is 1.80. The fraction of sp³-hybridized carbons (Fsp3) is 0.200. The Labute approximate surface area is 131 Å². The van der Waals surface area contributed by atoms with Crippen molar-refractivity contribution >= 4 is 39.3 Å². The Kier molecular flexibility index (Phi) is 5.34. The Bertz CT molecular complexity index is 572. The van der Waals surface area contributed by atoms with Crippen LogP contribution >= 0.6 is 39.3 Å². The molecule has 1 nitrogen and oxygen atoms in total. The molecule has 1 unspecified atom stereocenters. The van der Waals surface area contributed by atoms with E-state index in [-0.39, 0.29) is 6.04 Å². The van der Waals surface area contributed by atoms with Gasteiger partial charge in [0.1, 0.15) is 0 Å². The van der Waals surface area contributed by atoms with E-state index in [2.05, 4.69) is 28.1 Å². The molecule has 0 heterocycles. The SMILES string of the molecule is CC(N)Cc1cc(Cl)ccc1Sc1ccccc1Br. The average molecular weight is 357 g/mol. The maximum atomic E-state index is 6.08. The van der Waals surface area contributed by atoms with Gasteiger partial charge in [0.25, 0.3) is 0 Å². The van der Waals surface area contributed by atoms with E-state index < -0.39 is 0 Å². The molecule has 1 atom stereocenters. The summed E-state index contributed by atoms with van der Waals surface area (Å²) in [5, 5.41) is 0.757. The molecule has 2 aromatic rings. The van der Waals surface area contributed by atoms with E-state index in [0.29, 0.717) is 0 Å². The minimum Gasteiger partial charge on any atom is -0.328 e. The van der Waals surface area contributed by atoms with E-state index in [0.717, 1.165) is 15.9 Å². The first-order valence-corrected chi connectivity index (χ1v) is 8.01. The molecule has 2 N–H and O–H groups in total. The van der Waals surface area contributed by atoms with Gasteiger partial charge in [0, 0.05) is 25.3 Å². The van der Waals surface area contributed by atoms with Crippen molar-refractivity contribution in [1.82, 2.24) is 0 Å². The topological polar surface area (TPSA) is 26.0 Å². The van der Waals surface area contributed by atoms with Crippen LogP contribution in [0.5, 0.6) is 0 Å². The Morgan fingerprint density at radius 1 is 1.21 bits per heavy atom. The molecule has 2 rings (SSSR count). The molecule has 0 radical (unpaired) electrons. The first-order chi connectivity index (χ1) is 9.06. The average Bonchev–Trinajstić information content (AvgIpc) is 2.34. The smallest absolute Gasteiger partial charge is 0.0409 e. The molecule has 0 spiro atoms. The van der Waals surface area contributed by atoms with Crippen LogP contribution in [0.25, 0.3) is 0 Å². The standard InChI is InChI=1S/C15H15BrClNS/c1-10(18)8-11-9-12(17)6-7-14(11)19-15-5-3-2-4-13(15)16/h2-7,9-10H,8,18H2,1H3. The molecule has 0 amide bonds. The fourth-order valence-corrected chi connectivity index (χ4v) is 3.48. The molecule has 0 aliphatic carbocycles. The Balaban J connectivity index is 2.32. The highest BCUT2D eigenvalue weighted by atomic mass is 79.9. The van der Waals surface area contributed by atoms with E-state index in [4.69, 9.17) is 17.3 Å². The number of benzene rings is 2. The summed E-state index contributed by atoms with van der Waals surface area (Å²) in [6.45, 7) is 2.01. The predicted octanol–water partition coefficient (Wildman–Crippen LogP) is 5.14. The highest BCUT2D eigenvalue weighted by Gasteiger charge is 2.09. The third-order valence-corrected chi connectivity index (χ3v) is 5.00. The van der Waals surface area contributed by atoms with Gasteiger partial charge in [0.15, 0.2) is 0 Å². The number of hydrogen-bond donors (Lipinski definition) is 1. The predicted molar refractivity (Wildman–Crippen MR) is 87.1 cm³/mol. The van der Waals surface area contributed by atoms with E-state index in [1.54, 1.807) is 11.8 Å². The van der Waals surface area contributed by atoms with Gasteiger partial charge in [-0.05, 0) is 65.2 Å². The van der Waals surface area contributed by atoms with E-state index in [1.165, 1.54) is 15.4 Å². The third kappa shape index (κ3) is 4.25. The molecule has 0 fully saturated rings. The molecular weight excluding hydrogens is 342 g/mol. The monoisotopic (exact) mass is 355 g/mol. The lowest BCUT2D eigenvalue weighted by molar-refractivity contribution is 0.729. The second kappa shape index (κ2) is 6.80. The van der Waals surface area contributed by atoms with Crippen LogP contribution in [0.1, 0.15) is 12.5 Å². The van der Waals surface area contributed by atoms with Crippen LogP contribution in [0.3, 0.4) is 0 Å². The van der Waals surface area contributed by atoms with Crippen LogP contribution in [-0.2, 0) is 6.42 Å². The zero-order valence-corrected chi connectivity index (χ0v) is 13.7. The van der Waals surface area contributed by atoms with Crippen LogP contribution in [-0.4, -0.2) is 6.04 Å². The van der Waals surface area contributed by atoms with Gasteiger partial charge in [-0.1, -0.05) is 35.5 Å². The Hall–Kier alpha value is -0.480.